The fourth-order valence-electron chi connectivity index (χ4n) is 1.99. The molecule has 1 N–H and O–H groups in total. The summed E-state index contributed by atoms with van der Waals surface area (Å²) in [6, 6.07) is 0. The SMILES string of the molecule is CCC(C)(CC)CCNC(=O)[C@H]1CCCO1. The van der Waals surface area contributed by atoms with Crippen LogP contribution in [0.2, 0.25) is 0 Å². The summed E-state index contributed by atoms with van der Waals surface area (Å²) in [7, 11) is 0. The van der Waals surface area contributed by atoms with E-state index < -0.39 is 0 Å². The minimum atomic E-state index is -0.186. The molecule has 94 valence electrons. The molecule has 0 aromatic rings. The van der Waals surface area contributed by atoms with E-state index in [0.29, 0.717) is 5.41 Å². The highest BCUT2D eigenvalue weighted by atomic mass is 16.5. The van der Waals surface area contributed by atoms with Gasteiger partial charge in [0.15, 0.2) is 0 Å². The summed E-state index contributed by atoms with van der Waals surface area (Å²) in [5.41, 5.74) is 0.365. The van der Waals surface area contributed by atoms with Crippen LogP contribution in [-0.2, 0) is 9.53 Å². The Morgan fingerprint density at radius 2 is 2.12 bits per heavy atom. The molecule has 1 aliphatic rings. The number of hydrogen-bond donors (Lipinski definition) is 1. The second-order valence-corrected chi connectivity index (χ2v) is 5.06. The van der Waals surface area contributed by atoms with E-state index in [4.69, 9.17) is 4.74 Å². The van der Waals surface area contributed by atoms with E-state index in [1.54, 1.807) is 0 Å². The molecule has 1 atom stereocenters. The van der Waals surface area contributed by atoms with Crippen LogP contribution < -0.4 is 5.32 Å². The lowest BCUT2D eigenvalue weighted by molar-refractivity contribution is -0.130. The van der Waals surface area contributed by atoms with Gasteiger partial charge in [0.25, 0.3) is 0 Å². The monoisotopic (exact) mass is 227 g/mol. The molecular formula is C13H25NO2. The van der Waals surface area contributed by atoms with Gasteiger partial charge < -0.3 is 10.1 Å². The Labute approximate surface area is 98.9 Å². The Kier molecular flexibility index (Phi) is 5.26. The number of hydrogen-bond acceptors (Lipinski definition) is 2. The molecule has 1 saturated heterocycles. The van der Waals surface area contributed by atoms with E-state index in [1.807, 2.05) is 0 Å². The largest absolute Gasteiger partial charge is 0.368 e. The highest BCUT2D eigenvalue weighted by Gasteiger charge is 2.24. The molecule has 1 aliphatic heterocycles. The summed E-state index contributed by atoms with van der Waals surface area (Å²) in [6.07, 6.45) is 5.09. The van der Waals surface area contributed by atoms with Crippen molar-refractivity contribution in [3.8, 4) is 0 Å². The predicted octanol–water partition coefficient (Wildman–Crippen LogP) is 2.50. The van der Waals surface area contributed by atoms with E-state index in [2.05, 4.69) is 26.1 Å². The number of nitrogens with one attached hydrogen (secondary N) is 1. The van der Waals surface area contributed by atoms with Gasteiger partial charge in [-0.2, -0.15) is 0 Å². The van der Waals surface area contributed by atoms with Gasteiger partial charge in [0.1, 0.15) is 6.10 Å². The minimum absolute atomic E-state index is 0.0760. The normalized spacial score (nSPS) is 21.1. The molecule has 1 fully saturated rings. The lowest BCUT2D eigenvalue weighted by atomic mass is 9.81. The molecule has 0 spiro atoms. The van der Waals surface area contributed by atoms with Gasteiger partial charge in [-0.3, -0.25) is 4.79 Å². The van der Waals surface area contributed by atoms with Gasteiger partial charge in [0, 0.05) is 13.2 Å². The summed E-state index contributed by atoms with van der Waals surface area (Å²) in [4.78, 5) is 11.7. The van der Waals surface area contributed by atoms with Crippen molar-refractivity contribution in [3.63, 3.8) is 0 Å². The smallest absolute Gasteiger partial charge is 0.249 e. The Morgan fingerprint density at radius 3 is 2.62 bits per heavy atom. The maximum atomic E-state index is 11.7. The third-order valence-corrected chi connectivity index (χ3v) is 3.96. The maximum Gasteiger partial charge on any atom is 0.249 e. The second-order valence-electron chi connectivity index (χ2n) is 5.06. The third kappa shape index (κ3) is 3.78. The zero-order valence-corrected chi connectivity index (χ0v) is 10.8. The standard InChI is InChI=1S/C13H25NO2/c1-4-13(3,5-2)8-9-14-12(15)11-7-6-10-16-11/h11H,4-10H2,1-3H3,(H,14,15)/t11-/m1/s1. The maximum absolute atomic E-state index is 11.7. The van der Waals surface area contributed by atoms with Crippen molar-refractivity contribution < 1.29 is 9.53 Å². The summed E-state index contributed by atoms with van der Waals surface area (Å²) in [5.74, 6) is 0.0760. The van der Waals surface area contributed by atoms with Crippen molar-refractivity contribution in [3.05, 3.63) is 0 Å². The van der Waals surface area contributed by atoms with Crippen molar-refractivity contribution in [2.45, 2.75) is 59.0 Å². The van der Waals surface area contributed by atoms with Crippen LogP contribution >= 0.6 is 0 Å². The number of carbonyl (C=O) groups is 1. The molecule has 0 aromatic heterocycles. The van der Waals surface area contributed by atoms with Crippen molar-refractivity contribution in [1.29, 1.82) is 0 Å². The molecule has 1 amide bonds. The molecule has 0 aliphatic carbocycles. The second kappa shape index (κ2) is 6.24. The van der Waals surface area contributed by atoms with Gasteiger partial charge in [0.2, 0.25) is 5.91 Å². The first-order valence-electron chi connectivity index (χ1n) is 6.50. The van der Waals surface area contributed by atoms with E-state index >= 15 is 0 Å². The average molecular weight is 227 g/mol. The zero-order chi connectivity index (χ0) is 12.0. The Hall–Kier alpha value is -0.570. The van der Waals surface area contributed by atoms with Crippen LogP contribution in [-0.4, -0.2) is 25.2 Å². The summed E-state index contributed by atoms with van der Waals surface area (Å²) in [6.45, 7) is 8.22. The molecule has 1 rings (SSSR count). The molecule has 0 radical (unpaired) electrons. The van der Waals surface area contributed by atoms with Crippen LogP contribution in [0.5, 0.6) is 0 Å². The molecule has 1 heterocycles. The quantitative estimate of drug-likeness (QED) is 0.757. The van der Waals surface area contributed by atoms with Gasteiger partial charge in [-0.15, -0.1) is 0 Å². The van der Waals surface area contributed by atoms with Crippen LogP contribution in [0.15, 0.2) is 0 Å². The van der Waals surface area contributed by atoms with Crippen LogP contribution in [0.4, 0.5) is 0 Å². The Morgan fingerprint density at radius 1 is 1.44 bits per heavy atom. The first-order chi connectivity index (χ1) is 7.61. The van der Waals surface area contributed by atoms with Crippen LogP contribution in [0, 0.1) is 5.41 Å². The number of rotatable bonds is 6. The molecular weight excluding hydrogens is 202 g/mol. The lowest BCUT2D eigenvalue weighted by Gasteiger charge is -2.26. The molecule has 16 heavy (non-hydrogen) atoms. The fraction of sp³-hybridized carbons (Fsp3) is 0.923. The van der Waals surface area contributed by atoms with Gasteiger partial charge in [-0.25, -0.2) is 0 Å². The highest BCUT2D eigenvalue weighted by molar-refractivity contribution is 5.80. The van der Waals surface area contributed by atoms with E-state index in [0.717, 1.165) is 32.4 Å². The fourth-order valence-corrected chi connectivity index (χ4v) is 1.99. The zero-order valence-electron chi connectivity index (χ0n) is 10.8. The van der Waals surface area contributed by atoms with E-state index in [9.17, 15) is 4.79 Å². The first kappa shape index (κ1) is 13.5. The van der Waals surface area contributed by atoms with Gasteiger partial charge in [-0.05, 0) is 24.7 Å². The van der Waals surface area contributed by atoms with E-state index in [1.165, 1.54) is 12.8 Å². The van der Waals surface area contributed by atoms with Crippen molar-refractivity contribution in [2.24, 2.45) is 5.41 Å². The minimum Gasteiger partial charge on any atom is -0.368 e. The summed E-state index contributed by atoms with van der Waals surface area (Å²) < 4.78 is 5.34. The van der Waals surface area contributed by atoms with Gasteiger partial charge in [0.05, 0.1) is 0 Å². The number of amides is 1. The lowest BCUT2D eigenvalue weighted by Crippen LogP contribution is -2.36. The summed E-state index contributed by atoms with van der Waals surface area (Å²) >= 11 is 0. The number of ether oxygens (including phenoxy) is 1. The van der Waals surface area contributed by atoms with Gasteiger partial charge in [-0.1, -0.05) is 33.6 Å². The molecule has 0 saturated carbocycles. The van der Waals surface area contributed by atoms with Crippen LogP contribution in [0.3, 0.4) is 0 Å². The highest BCUT2D eigenvalue weighted by Crippen LogP contribution is 2.28. The first-order valence-corrected chi connectivity index (χ1v) is 6.50. The molecule has 0 aromatic carbocycles. The van der Waals surface area contributed by atoms with Crippen molar-refractivity contribution >= 4 is 5.91 Å². The van der Waals surface area contributed by atoms with E-state index in [-0.39, 0.29) is 12.0 Å². The molecule has 3 heteroatoms. The van der Waals surface area contributed by atoms with Gasteiger partial charge >= 0.3 is 0 Å². The third-order valence-electron chi connectivity index (χ3n) is 3.96. The molecule has 0 bridgehead atoms. The van der Waals surface area contributed by atoms with Crippen molar-refractivity contribution in [2.75, 3.05) is 13.2 Å². The number of carbonyl (C=O) groups excluding carboxylic acids is 1. The Balaban J connectivity index is 2.21. The molecule has 0 unspecified atom stereocenters. The average Bonchev–Trinajstić information content (AvgIpc) is 2.82. The topological polar surface area (TPSA) is 38.3 Å². The van der Waals surface area contributed by atoms with Crippen LogP contribution in [0.25, 0.3) is 0 Å². The summed E-state index contributed by atoms with van der Waals surface area (Å²) in [5, 5.41) is 2.98. The molecule has 3 nitrogen and oxygen atoms in total. The predicted molar refractivity (Wildman–Crippen MR) is 65.3 cm³/mol. The van der Waals surface area contributed by atoms with Crippen LogP contribution in [0.1, 0.15) is 52.9 Å². The Bertz CT molecular complexity index is 218. The van der Waals surface area contributed by atoms with Crippen molar-refractivity contribution in [1.82, 2.24) is 5.32 Å².